The van der Waals surface area contributed by atoms with E-state index in [0.29, 0.717) is 28.1 Å². The molecule has 6 atom stereocenters. The number of halogens is 1. The van der Waals surface area contributed by atoms with E-state index in [4.69, 9.17) is 11.6 Å². The van der Waals surface area contributed by atoms with E-state index in [2.05, 4.69) is 12.2 Å². The Bertz CT molecular complexity index is 1160. The van der Waals surface area contributed by atoms with E-state index in [-0.39, 0.29) is 48.1 Å². The smallest absolute Gasteiger partial charge is 0.261 e. The van der Waals surface area contributed by atoms with Crippen LogP contribution < -0.4 is 4.90 Å². The van der Waals surface area contributed by atoms with Crippen molar-refractivity contribution in [3.05, 3.63) is 76.8 Å². The molecule has 2 saturated carbocycles. The molecule has 0 spiro atoms. The molecule has 0 aromatic heterocycles. The van der Waals surface area contributed by atoms with Gasteiger partial charge < -0.3 is 0 Å². The van der Waals surface area contributed by atoms with Crippen molar-refractivity contribution in [2.24, 2.45) is 35.5 Å². The Labute approximate surface area is 191 Å². The molecule has 3 amide bonds. The third-order valence-corrected chi connectivity index (χ3v) is 8.03. The van der Waals surface area contributed by atoms with Crippen LogP contribution >= 0.6 is 11.6 Å². The molecule has 6 unspecified atom stereocenters. The molecule has 7 rings (SSSR count). The van der Waals surface area contributed by atoms with Crippen molar-refractivity contribution in [2.75, 3.05) is 11.6 Å². The molecule has 1 aliphatic heterocycles. The van der Waals surface area contributed by atoms with Crippen molar-refractivity contribution in [2.45, 2.75) is 13.3 Å². The van der Waals surface area contributed by atoms with Crippen molar-refractivity contribution in [1.29, 1.82) is 0 Å². The lowest BCUT2D eigenvalue weighted by molar-refractivity contribution is -0.140. The number of hydrogen-bond acceptors (Lipinski definition) is 3. The highest BCUT2D eigenvalue weighted by atomic mass is 35.5. The fourth-order valence-corrected chi connectivity index (χ4v) is 6.36. The second kappa shape index (κ2) is 7.04. The first kappa shape index (κ1) is 19.7. The Kier molecular flexibility index (Phi) is 4.34. The van der Waals surface area contributed by atoms with Crippen LogP contribution in [0.1, 0.15) is 22.3 Å². The van der Waals surface area contributed by atoms with Crippen molar-refractivity contribution in [3.8, 4) is 0 Å². The van der Waals surface area contributed by atoms with Crippen LogP contribution in [0.25, 0.3) is 0 Å². The fraction of sp³-hybridized carbons (Fsp3) is 0.346. The number of nitrogens with zero attached hydrogens (tertiary/aromatic N) is 2. The van der Waals surface area contributed by atoms with E-state index in [0.717, 1.165) is 12.0 Å². The van der Waals surface area contributed by atoms with Gasteiger partial charge in [-0.3, -0.25) is 24.2 Å². The molecule has 1 saturated heterocycles. The summed E-state index contributed by atoms with van der Waals surface area (Å²) in [5.41, 5.74) is 1.96. The van der Waals surface area contributed by atoms with Crippen molar-refractivity contribution in [3.63, 3.8) is 0 Å². The topological polar surface area (TPSA) is 57.7 Å². The maximum absolute atomic E-state index is 13.6. The molecule has 32 heavy (non-hydrogen) atoms. The molecule has 0 N–H and O–H groups in total. The van der Waals surface area contributed by atoms with E-state index < -0.39 is 0 Å². The molecule has 5 nitrogen and oxygen atoms in total. The number of allylic oxidation sites excluding steroid dienone is 2. The minimum Gasteiger partial charge on any atom is -0.289 e. The predicted molar refractivity (Wildman–Crippen MR) is 121 cm³/mol. The summed E-state index contributed by atoms with van der Waals surface area (Å²) in [4.78, 5) is 43.3. The number of rotatable bonds is 4. The van der Waals surface area contributed by atoms with E-state index in [9.17, 15) is 14.4 Å². The maximum Gasteiger partial charge on any atom is 0.261 e. The standard InChI is InChI=1S/C26H23ClN2O3/c1-14-5-4-6-15(11-14)28(24(30)18-7-2-3-8-21(18)27)13-29-25(31)22-16-9-10-17(20-12-19(16)20)23(22)26(29)32/h2-11,16-17,19-20,22-23H,12-13H2,1H3. The lowest BCUT2D eigenvalue weighted by Crippen LogP contribution is -2.45. The second-order valence-corrected chi connectivity index (χ2v) is 9.86. The minimum absolute atomic E-state index is 0.104. The van der Waals surface area contributed by atoms with Gasteiger partial charge in [0.05, 0.1) is 22.4 Å². The molecule has 162 valence electrons. The van der Waals surface area contributed by atoms with Gasteiger partial charge in [0.1, 0.15) is 6.67 Å². The highest BCUT2D eigenvalue weighted by Gasteiger charge is 2.67. The number of amides is 3. The van der Waals surface area contributed by atoms with Gasteiger partial charge in [-0.25, -0.2) is 0 Å². The third-order valence-electron chi connectivity index (χ3n) is 7.70. The Morgan fingerprint density at radius 1 is 1.00 bits per heavy atom. The highest BCUT2D eigenvalue weighted by Crippen LogP contribution is 2.65. The predicted octanol–water partition coefficient (Wildman–Crippen LogP) is 4.31. The molecule has 6 heteroatoms. The molecule has 1 heterocycles. The first-order chi connectivity index (χ1) is 15.5. The molecule has 4 aliphatic carbocycles. The van der Waals surface area contributed by atoms with E-state index in [1.54, 1.807) is 24.3 Å². The van der Waals surface area contributed by atoms with Crippen LogP contribution in [0.4, 0.5) is 5.69 Å². The van der Waals surface area contributed by atoms with Crippen LogP contribution in [0, 0.1) is 42.4 Å². The number of benzene rings is 2. The van der Waals surface area contributed by atoms with Gasteiger partial charge in [0.2, 0.25) is 11.8 Å². The summed E-state index contributed by atoms with van der Waals surface area (Å²) in [6.45, 7) is 1.84. The van der Waals surface area contributed by atoms with E-state index in [1.807, 2.05) is 31.2 Å². The zero-order chi connectivity index (χ0) is 22.1. The van der Waals surface area contributed by atoms with Gasteiger partial charge in [-0.2, -0.15) is 0 Å². The van der Waals surface area contributed by atoms with Crippen LogP contribution in [0.5, 0.6) is 0 Å². The van der Waals surface area contributed by atoms with Gasteiger partial charge in [0.25, 0.3) is 5.91 Å². The maximum atomic E-state index is 13.6. The monoisotopic (exact) mass is 446 g/mol. The fourth-order valence-electron chi connectivity index (χ4n) is 6.14. The normalized spacial score (nSPS) is 31.5. The van der Waals surface area contributed by atoms with Crippen molar-refractivity contribution in [1.82, 2.24) is 4.90 Å². The summed E-state index contributed by atoms with van der Waals surface area (Å²) in [5.74, 6) is 0.212. The van der Waals surface area contributed by atoms with Gasteiger partial charge in [-0.05, 0) is 66.8 Å². The van der Waals surface area contributed by atoms with Crippen LogP contribution in [0.2, 0.25) is 5.02 Å². The number of imide groups is 1. The van der Waals surface area contributed by atoms with Crippen LogP contribution in [-0.4, -0.2) is 29.3 Å². The summed E-state index contributed by atoms with van der Waals surface area (Å²) in [6, 6.07) is 14.4. The quantitative estimate of drug-likeness (QED) is 0.519. The van der Waals surface area contributed by atoms with Gasteiger partial charge in [-0.15, -0.1) is 0 Å². The molecule has 5 aliphatic rings. The number of aryl methyl sites for hydroxylation is 1. The lowest BCUT2D eigenvalue weighted by Gasteiger charge is -2.37. The zero-order valence-electron chi connectivity index (χ0n) is 17.6. The summed E-state index contributed by atoms with van der Waals surface area (Å²) >= 11 is 6.32. The average Bonchev–Trinajstić information content (AvgIpc) is 3.57. The average molecular weight is 447 g/mol. The SMILES string of the molecule is Cc1cccc(N(CN2C(=O)C3C4C=CC(C5CC45)C3C2=O)C(=O)c2ccccc2Cl)c1. The van der Waals surface area contributed by atoms with Gasteiger partial charge in [0, 0.05) is 5.69 Å². The minimum atomic E-state index is -0.333. The molecule has 2 aromatic carbocycles. The Morgan fingerprint density at radius 2 is 1.66 bits per heavy atom. The molecule has 2 bridgehead atoms. The van der Waals surface area contributed by atoms with Crippen LogP contribution in [0.3, 0.4) is 0 Å². The molecule has 0 radical (unpaired) electrons. The molecule has 2 aromatic rings. The Balaban J connectivity index is 1.36. The van der Waals surface area contributed by atoms with Crippen LogP contribution in [-0.2, 0) is 9.59 Å². The summed E-state index contributed by atoms with van der Waals surface area (Å²) in [7, 11) is 0. The molecular formula is C26H23ClN2O3. The number of hydrogen-bond donors (Lipinski definition) is 0. The number of likely N-dealkylation sites (tertiary alicyclic amines) is 1. The molecule has 3 fully saturated rings. The van der Waals surface area contributed by atoms with Crippen molar-refractivity contribution < 1.29 is 14.4 Å². The second-order valence-electron chi connectivity index (χ2n) is 9.45. The lowest BCUT2D eigenvalue weighted by atomic mass is 9.63. The third kappa shape index (κ3) is 2.80. The van der Waals surface area contributed by atoms with E-state index in [1.165, 1.54) is 9.80 Å². The Morgan fingerprint density at radius 3 is 2.28 bits per heavy atom. The van der Waals surface area contributed by atoms with Crippen molar-refractivity contribution >= 4 is 35.0 Å². The number of carbonyl (C=O) groups is 3. The number of carbonyl (C=O) groups excluding carboxylic acids is 3. The van der Waals surface area contributed by atoms with Gasteiger partial charge in [-0.1, -0.05) is 48.0 Å². The zero-order valence-corrected chi connectivity index (χ0v) is 18.4. The first-order valence-corrected chi connectivity index (χ1v) is 11.5. The van der Waals surface area contributed by atoms with Crippen LogP contribution in [0.15, 0.2) is 60.7 Å². The summed E-state index contributed by atoms with van der Waals surface area (Å²) in [5, 5.41) is 0.338. The largest absolute Gasteiger partial charge is 0.289 e. The Hall–Kier alpha value is -2.92. The van der Waals surface area contributed by atoms with Gasteiger partial charge in [0.15, 0.2) is 0 Å². The van der Waals surface area contributed by atoms with E-state index >= 15 is 0 Å². The summed E-state index contributed by atoms with van der Waals surface area (Å²) < 4.78 is 0. The number of anilines is 1. The van der Waals surface area contributed by atoms with Gasteiger partial charge >= 0.3 is 0 Å². The summed E-state index contributed by atoms with van der Waals surface area (Å²) in [6.07, 6.45) is 5.43. The highest BCUT2D eigenvalue weighted by molar-refractivity contribution is 6.34. The first-order valence-electron chi connectivity index (χ1n) is 11.1. The molecular weight excluding hydrogens is 424 g/mol.